The lowest BCUT2D eigenvalue weighted by molar-refractivity contribution is -0.180. The van der Waals surface area contributed by atoms with Crippen LogP contribution in [-0.2, 0) is 34.8 Å². The van der Waals surface area contributed by atoms with E-state index < -0.39 is 52.5 Å². The Morgan fingerprint density at radius 2 is 1.45 bits per heavy atom. The number of ether oxygens (including phenoxy) is 3. The van der Waals surface area contributed by atoms with Gasteiger partial charge in [0.05, 0.1) is 10.1 Å². The van der Waals surface area contributed by atoms with E-state index in [1.165, 1.54) is 56.4 Å². The molecule has 0 aliphatic carbocycles. The van der Waals surface area contributed by atoms with Crippen molar-refractivity contribution in [3.63, 3.8) is 0 Å². The van der Waals surface area contributed by atoms with Gasteiger partial charge in [-0.1, -0.05) is 0 Å². The molecule has 2 rings (SSSR count). The van der Waals surface area contributed by atoms with Gasteiger partial charge in [0.2, 0.25) is 0 Å². The molecule has 1 aliphatic heterocycles. The van der Waals surface area contributed by atoms with E-state index in [1.807, 2.05) is 0 Å². The summed E-state index contributed by atoms with van der Waals surface area (Å²) < 4.78 is 53.6. The standard InChI is InChI=1S/C18H19F3O6S2/c1-9(22)25-14-8-28-17(16(27-11(3)24)15(14)26-10(2)23)29-13-6-4-12(5-7-13)18(19,20)21/h4-7,14-17H,8H2,1-3H3/t14-,15+,16-,17+/m1/s1. The maximum atomic E-state index is 12.7. The smallest absolute Gasteiger partial charge is 0.416 e. The highest BCUT2D eigenvalue weighted by molar-refractivity contribution is 8.17. The summed E-state index contributed by atoms with van der Waals surface area (Å²) >= 11 is 2.47. The molecule has 0 aromatic heterocycles. The molecule has 6 nitrogen and oxygen atoms in total. The Balaban J connectivity index is 2.25. The fourth-order valence-electron chi connectivity index (χ4n) is 2.67. The van der Waals surface area contributed by atoms with Crippen molar-refractivity contribution in [2.24, 2.45) is 0 Å². The van der Waals surface area contributed by atoms with Gasteiger partial charge in [-0.05, 0) is 24.3 Å². The van der Waals surface area contributed by atoms with Crippen molar-refractivity contribution in [2.75, 3.05) is 5.75 Å². The third kappa shape index (κ3) is 6.84. The fraction of sp³-hybridized carbons (Fsp3) is 0.500. The molecule has 1 aliphatic rings. The van der Waals surface area contributed by atoms with E-state index in [2.05, 4.69) is 0 Å². The molecule has 1 aromatic rings. The summed E-state index contributed by atoms with van der Waals surface area (Å²) in [4.78, 5) is 35.1. The molecule has 0 unspecified atom stereocenters. The minimum absolute atomic E-state index is 0.258. The molecule has 0 amide bonds. The monoisotopic (exact) mass is 452 g/mol. The fourth-order valence-corrected chi connectivity index (χ4v) is 5.45. The van der Waals surface area contributed by atoms with E-state index in [0.29, 0.717) is 4.90 Å². The first-order valence-corrected chi connectivity index (χ1v) is 10.4. The number of halogens is 3. The topological polar surface area (TPSA) is 78.9 Å². The number of carbonyl (C=O) groups is 3. The van der Waals surface area contributed by atoms with Crippen molar-refractivity contribution >= 4 is 41.4 Å². The SMILES string of the molecule is CC(=O)O[C@@H]1[C@@H](OC(C)=O)[C@H](Sc2ccc(C(F)(F)F)cc2)SC[C@H]1OC(C)=O. The van der Waals surface area contributed by atoms with Crippen molar-refractivity contribution in [3.05, 3.63) is 29.8 Å². The van der Waals surface area contributed by atoms with Crippen molar-refractivity contribution < 1.29 is 41.8 Å². The quantitative estimate of drug-likeness (QED) is 0.495. The van der Waals surface area contributed by atoms with Crippen LogP contribution in [-0.4, -0.2) is 46.6 Å². The second-order valence-corrected chi connectivity index (χ2v) is 8.83. The molecule has 1 heterocycles. The first-order valence-electron chi connectivity index (χ1n) is 8.44. The Labute approximate surface area is 173 Å². The van der Waals surface area contributed by atoms with Gasteiger partial charge >= 0.3 is 24.1 Å². The minimum Gasteiger partial charge on any atom is -0.458 e. The van der Waals surface area contributed by atoms with Crippen LogP contribution in [0.1, 0.15) is 26.3 Å². The Bertz CT molecular complexity index is 753. The van der Waals surface area contributed by atoms with Crippen LogP contribution in [0.4, 0.5) is 13.2 Å². The lowest BCUT2D eigenvalue weighted by atomic mass is 10.1. The molecule has 0 saturated carbocycles. The van der Waals surface area contributed by atoms with Gasteiger partial charge in [0.25, 0.3) is 0 Å². The van der Waals surface area contributed by atoms with Gasteiger partial charge in [0, 0.05) is 31.4 Å². The number of alkyl halides is 3. The van der Waals surface area contributed by atoms with E-state index in [9.17, 15) is 27.6 Å². The normalized spacial score (nSPS) is 24.5. The van der Waals surface area contributed by atoms with Crippen molar-refractivity contribution in [1.82, 2.24) is 0 Å². The molecule has 1 fully saturated rings. The summed E-state index contributed by atoms with van der Waals surface area (Å²) in [7, 11) is 0. The highest BCUT2D eigenvalue weighted by atomic mass is 32.2. The van der Waals surface area contributed by atoms with Gasteiger partial charge in [-0.25, -0.2) is 0 Å². The third-order valence-electron chi connectivity index (χ3n) is 3.74. The van der Waals surface area contributed by atoms with Crippen molar-refractivity contribution in [2.45, 2.75) is 54.7 Å². The summed E-state index contributed by atoms with van der Waals surface area (Å²) in [5, 5.41) is 0. The highest BCUT2D eigenvalue weighted by Crippen LogP contribution is 2.42. The van der Waals surface area contributed by atoms with Crippen LogP contribution in [0.2, 0.25) is 0 Å². The van der Waals surface area contributed by atoms with E-state index >= 15 is 0 Å². The van der Waals surface area contributed by atoms with E-state index in [-0.39, 0.29) is 5.75 Å². The second-order valence-electron chi connectivity index (χ2n) is 6.14. The zero-order chi connectivity index (χ0) is 21.8. The summed E-state index contributed by atoms with van der Waals surface area (Å²) in [6.07, 6.45) is -7.27. The maximum Gasteiger partial charge on any atom is 0.416 e. The third-order valence-corrected chi connectivity index (χ3v) is 6.60. The van der Waals surface area contributed by atoms with Crippen molar-refractivity contribution in [1.29, 1.82) is 0 Å². The molecule has 160 valence electrons. The molecule has 0 radical (unpaired) electrons. The molecule has 11 heteroatoms. The number of benzene rings is 1. The molecular weight excluding hydrogens is 433 g/mol. The van der Waals surface area contributed by atoms with Crippen LogP contribution < -0.4 is 0 Å². The Hall–Kier alpha value is -1.88. The summed E-state index contributed by atoms with van der Waals surface area (Å²) in [6, 6.07) is 4.56. The molecule has 0 N–H and O–H groups in total. The van der Waals surface area contributed by atoms with E-state index in [0.717, 1.165) is 12.1 Å². The maximum absolute atomic E-state index is 12.7. The predicted molar refractivity (Wildman–Crippen MR) is 100 cm³/mol. The zero-order valence-electron chi connectivity index (χ0n) is 15.7. The Kier molecular flexibility index (Phi) is 7.87. The number of carbonyl (C=O) groups excluding carboxylic acids is 3. The van der Waals surface area contributed by atoms with Crippen molar-refractivity contribution in [3.8, 4) is 0 Å². The number of thioether (sulfide) groups is 2. The second kappa shape index (κ2) is 9.75. The first kappa shape index (κ1) is 23.4. The number of esters is 3. The zero-order valence-corrected chi connectivity index (χ0v) is 17.4. The molecule has 29 heavy (non-hydrogen) atoms. The average Bonchev–Trinajstić information content (AvgIpc) is 2.58. The summed E-state index contributed by atoms with van der Waals surface area (Å²) in [5.41, 5.74) is -0.776. The minimum atomic E-state index is -4.44. The predicted octanol–water partition coefficient (Wildman–Crippen LogP) is 3.67. The van der Waals surface area contributed by atoms with Crippen LogP contribution >= 0.6 is 23.5 Å². The highest BCUT2D eigenvalue weighted by Gasteiger charge is 2.46. The summed E-state index contributed by atoms with van der Waals surface area (Å²) in [6.45, 7) is 3.57. The molecule has 0 spiro atoms. The lowest BCUT2D eigenvalue weighted by Crippen LogP contribution is -2.53. The Morgan fingerprint density at radius 3 is 1.93 bits per heavy atom. The van der Waals surface area contributed by atoms with Crippen LogP contribution in [0.25, 0.3) is 0 Å². The van der Waals surface area contributed by atoms with Gasteiger partial charge < -0.3 is 14.2 Å². The lowest BCUT2D eigenvalue weighted by Gasteiger charge is -2.39. The molecule has 1 saturated heterocycles. The molecule has 1 aromatic carbocycles. The number of hydrogen-bond donors (Lipinski definition) is 0. The van der Waals surface area contributed by atoms with Gasteiger partial charge in [-0.15, -0.1) is 23.5 Å². The summed E-state index contributed by atoms with van der Waals surface area (Å²) in [5.74, 6) is -1.60. The average molecular weight is 452 g/mol. The van der Waals surface area contributed by atoms with E-state index in [4.69, 9.17) is 14.2 Å². The number of rotatable bonds is 5. The van der Waals surface area contributed by atoms with Gasteiger partial charge in [-0.3, -0.25) is 14.4 Å². The van der Waals surface area contributed by atoms with Gasteiger partial charge in [0.15, 0.2) is 18.3 Å². The van der Waals surface area contributed by atoms with E-state index in [1.54, 1.807) is 0 Å². The molecule has 0 bridgehead atoms. The van der Waals surface area contributed by atoms with Gasteiger partial charge in [0.1, 0.15) is 0 Å². The van der Waals surface area contributed by atoms with Gasteiger partial charge in [-0.2, -0.15) is 13.2 Å². The van der Waals surface area contributed by atoms with Crippen LogP contribution in [0.3, 0.4) is 0 Å². The Morgan fingerprint density at radius 1 is 0.931 bits per heavy atom. The number of hydrogen-bond acceptors (Lipinski definition) is 8. The first-order chi connectivity index (χ1) is 13.5. The molecule has 4 atom stereocenters. The van der Waals surface area contributed by atoms with Crippen LogP contribution in [0, 0.1) is 0 Å². The molecular formula is C18H19F3O6S2. The van der Waals surface area contributed by atoms with Crippen LogP contribution in [0.5, 0.6) is 0 Å². The largest absolute Gasteiger partial charge is 0.458 e. The van der Waals surface area contributed by atoms with Crippen LogP contribution in [0.15, 0.2) is 29.2 Å².